The van der Waals surface area contributed by atoms with Gasteiger partial charge in [0.15, 0.2) is 0 Å². The molecule has 0 radical (unpaired) electrons. The molecule has 0 unspecified atom stereocenters. The average molecular weight is 805 g/mol. The zero-order chi connectivity index (χ0) is 41.4. The number of benzene rings is 10. The number of para-hydroxylation sites is 3. The minimum atomic E-state index is 0.897. The Kier molecular flexibility index (Phi) is 7.91. The standard InChI is InChI=1S/C60H36O3/c1-4-19-55-49(16-1)52-34-43(22-25-58(52)61-55)37-10-7-13-40(28-37)46-31-47(41-14-8-11-38(29-41)44-23-26-59-53(35-44)50-17-2-5-20-56(50)62-59)33-48(32-46)42-15-9-12-39(30-42)45-24-27-60-54(36-45)51-18-3-6-21-57(51)63-60/h1-36H. The Morgan fingerprint density at radius 1 is 0.159 bits per heavy atom. The second-order valence-electron chi connectivity index (χ2n) is 16.5. The van der Waals surface area contributed by atoms with Gasteiger partial charge in [-0.05, 0) is 158 Å². The summed E-state index contributed by atoms with van der Waals surface area (Å²) >= 11 is 0. The number of furan rings is 3. The van der Waals surface area contributed by atoms with Crippen molar-refractivity contribution < 1.29 is 13.3 Å². The lowest BCUT2D eigenvalue weighted by Gasteiger charge is -2.14. The molecule has 0 saturated carbocycles. The highest BCUT2D eigenvalue weighted by Crippen LogP contribution is 2.40. The van der Waals surface area contributed by atoms with Crippen molar-refractivity contribution in [2.24, 2.45) is 0 Å². The van der Waals surface area contributed by atoms with E-state index in [1.807, 2.05) is 36.4 Å². The van der Waals surface area contributed by atoms with Gasteiger partial charge in [0.1, 0.15) is 33.5 Å². The van der Waals surface area contributed by atoms with Crippen LogP contribution >= 0.6 is 0 Å². The van der Waals surface area contributed by atoms with Crippen LogP contribution in [-0.4, -0.2) is 0 Å². The number of hydrogen-bond acceptors (Lipinski definition) is 3. The van der Waals surface area contributed by atoms with Crippen molar-refractivity contribution in [2.75, 3.05) is 0 Å². The lowest BCUT2D eigenvalue weighted by Crippen LogP contribution is -1.88. The van der Waals surface area contributed by atoms with Gasteiger partial charge in [-0.25, -0.2) is 0 Å². The molecule has 3 heterocycles. The quantitative estimate of drug-likeness (QED) is 0.168. The van der Waals surface area contributed by atoms with Crippen molar-refractivity contribution in [3.05, 3.63) is 218 Å². The first-order chi connectivity index (χ1) is 31.1. The summed E-state index contributed by atoms with van der Waals surface area (Å²) in [6.07, 6.45) is 0. The molecule has 10 aromatic carbocycles. The SMILES string of the molecule is c1cc(-c2cc(-c3cccc(-c4ccc5oc6ccccc6c5c4)c3)cc(-c3cccc(-c4ccc5oc6ccccc6c5c4)c3)c2)cc(-c2ccc3oc4ccccc4c3c2)c1. The number of fused-ring (bicyclic) bond motifs is 9. The Labute approximate surface area is 362 Å². The highest BCUT2D eigenvalue weighted by molar-refractivity contribution is 6.08. The van der Waals surface area contributed by atoms with Crippen LogP contribution in [0.4, 0.5) is 0 Å². The smallest absolute Gasteiger partial charge is 0.135 e. The van der Waals surface area contributed by atoms with E-state index in [0.29, 0.717) is 0 Å². The van der Waals surface area contributed by atoms with E-state index in [9.17, 15) is 0 Å². The van der Waals surface area contributed by atoms with E-state index in [1.54, 1.807) is 0 Å². The molecule has 0 saturated heterocycles. The topological polar surface area (TPSA) is 39.4 Å². The van der Waals surface area contributed by atoms with Crippen LogP contribution in [0.25, 0.3) is 133 Å². The van der Waals surface area contributed by atoms with Gasteiger partial charge in [-0.1, -0.05) is 127 Å². The molecule has 0 amide bonds. The summed E-state index contributed by atoms with van der Waals surface area (Å²) in [5.74, 6) is 0. The lowest BCUT2D eigenvalue weighted by molar-refractivity contribution is 0.668. The predicted molar refractivity (Wildman–Crippen MR) is 261 cm³/mol. The minimum Gasteiger partial charge on any atom is -0.456 e. The molecular weight excluding hydrogens is 769 g/mol. The molecule has 3 aromatic heterocycles. The third kappa shape index (κ3) is 6.05. The van der Waals surface area contributed by atoms with Gasteiger partial charge in [-0.15, -0.1) is 0 Å². The summed E-state index contributed by atoms with van der Waals surface area (Å²) in [7, 11) is 0. The maximum atomic E-state index is 6.18. The first-order valence-corrected chi connectivity index (χ1v) is 21.4. The Balaban J connectivity index is 0.945. The van der Waals surface area contributed by atoms with Crippen LogP contribution in [-0.2, 0) is 0 Å². The summed E-state index contributed by atoms with van der Waals surface area (Å²) in [6, 6.07) is 78.0. The van der Waals surface area contributed by atoms with Crippen LogP contribution in [0.1, 0.15) is 0 Å². The molecule has 3 nitrogen and oxygen atoms in total. The normalized spacial score (nSPS) is 11.8. The molecule has 0 spiro atoms. The molecule has 0 aliphatic heterocycles. The summed E-state index contributed by atoms with van der Waals surface area (Å²) in [6.45, 7) is 0. The Morgan fingerprint density at radius 2 is 0.397 bits per heavy atom. The highest BCUT2D eigenvalue weighted by Gasteiger charge is 2.15. The lowest BCUT2D eigenvalue weighted by atomic mass is 9.90. The second-order valence-corrected chi connectivity index (χ2v) is 16.5. The summed E-state index contributed by atoms with van der Waals surface area (Å²) in [5, 5.41) is 6.75. The summed E-state index contributed by atoms with van der Waals surface area (Å²) in [5.41, 5.74) is 19.2. The van der Waals surface area contributed by atoms with E-state index in [1.165, 1.54) is 0 Å². The van der Waals surface area contributed by atoms with Gasteiger partial charge in [-0.3, -0.25) is 0 Å². The predicted octanol–water partition coefficient (Wildman–Crippen LogP) is 17.4. The molecule has 0 N–H and O–H groups in total. The fourth-order valence-electron chi connectivity index (χ4n) is 9.48. The Morgan fingerprint density at radius 3 is 0.714 bits per heavy atom. The van der Waals surface area contributed by atoms with Gasteiger partial charge in [0, 0.05) is 32.3 Å². The molecule has 13 aromatic rings. The zero-order valence-electron chi connectivity index (χ0n) is 34.0. The number of rotatable bonds is 6. The molecule has 0 fully saturated rings. The van der Waals surface area contributed by atoms with Crippen molar-refractivity contribution in [1.29, 1.82) is 0 Å². The highest BCUT2D eigenvalue weighted by atomic mass is 16.3. The maximum absolute atomic E-state index is 6.18. The first kappa shape index (κ1) is 35.4. The van der Waals surface area contributed by atoms with Gasteiger partial charge < -0.3 is 13.3 Å². The van der Waals surface area contributed by atoms with Crippen molar-refractivity contribution >= 4 is 65.8 Å². The largest absolute Gasteiger partial charge is 0.456 e. The Bertz CT molecular complexity index is 3510. The Hall–Kier alpha value is -8.40. The van der Waals surface area contributed by atoms with E-state index in [4.69, 9.17) is 13.3 Å². The fourth-order valence-corrected chi connectivity index (χ4v) is 9.48. The molecule has 13 rings (SSSR count). The van der Waals surface area contributed by atoms with Crippen LogP contribution in [0.5, 0.6) is 0 Å². The van der Waals surface area contributed by atoms with E-state index >= 15 is 0 Å². The molecule has 0 aliphatic carbocycles. The van der Waals surface area contributed by atoms with E-state index < -0.39 is 0 Å². The van der Waals surface area contributed by atoms with Gasteiger partial charge in [0.25, 0.3) is 0 Å². The summed E-state index contributed by atoms with van der Waals surface area (Å²) < 4.78 is 18.5. The van der Waals surface area contributed by atoms with Crippen molar-refractivity contribution in [2.45, 2.75) is 0 Å². The van der Waals surface area contributed by atoms with Crippen LogP contribution in [0, 0.1) is 0 Å². The molecule has 294 valence electrons. The van der Waals surface area contributed by atoms with E-state index in [0.717, 1.165) is 133 Å². The van der Waals surface area contributed by atoms with Gasteiger partial charge in [-0.2, -0.15) is 0 Å². The third-order valence-corrected chi connectivity index (χ3v) is 12.7. The van der Waals surface area contributed by atoms with E-state index in [-0.39, 0.29) is 0 Å². The fraction of sp³-hybridized carbons (Fsp3) is 0. The monoisotopic (exact) mass is 804 g/mol. The van der Waals surface area contributed by atoms with Crippen LogP contribution in [0.2, 0.25) is 0 Å². The number of hydrogen-bond donors (Lipinski definition) is 0. The average Bonchev–Trinajstić information content (AvgIpc) is 4.04. The van der Waals surface area contributed by atoms with Crippen LogP contribution < -0.4 is 0 Å². The minimum absolute atomic E-state index is 0.897. The van der Waals surface area contributed by atoms with Crippen molar-refractivity contribution in [3.8, 4) is 66.8 Å². The molecule has 0 bridgehead atoms. The third-order valence-electron chi connectivity index (χ3n) is 12.7. The maximum Gasteiger partial charge on any atom is 0.135 e. The zero-order valence-corrected chi connectivity index (χ0v) is 34.0. The molecule has 0 atom stereocenters. The van der Waals surface area contributed by atoms with Crippen LogP contribution in [0.15, 0.2) is 232 Å². The van der Waals surface area contributed by atoms with E-state index in [2.05, 4.69) is 182 Å². The second kappa shape index (κ2) is 14.1. The first-order valence-electron chi connectivity index (χ1n) is 21.4. The van der Waals surface area contributed by atoms with Gasteiger partial charge in [0.05, 0.1) is 0 Å². The molecular formula is C60H36O3. The summed E-state index contributed by atoms with van der Waals surface area (Å²) in [4.78, 5) is 0. The molecule has 63 heavy (non-hydrogen) atoms. The van der Waals surface area contributed by atoms with Crippen molar-refractivity contribution in [3.63, 3.8) is 0 Å². The van der Waals surface area contributed by atoms with Crippen LogP contribution in [0.3, 0.4) is 0 Å². The van der Waals surface area contributed by atoms with Gasteiger partial charge in [0.2, 0.25) is 0 Å². The van der Waals surface area contributed by atoms with Gasteiger partial charge >= 0.3 is 0 Å². The molecule has 0 aliphatic rings. The van der Waals surface area contributed by atoms with Crippen molar-refractivity contribution in [1.82, 2.24) is 0 Å². The molecule has 3 heteroatoms.